The van der Waals surface area contributed by atoms with Crippen LogP contribution in [0.15, 0.2) is 72.9 Å². The van der Waals surface area contributed by atoms with Gasteiger partial charge in [0, 0.05) is 10.9 Å². The predicted octanol–water partition coefficient (Wildman–Crippen LogP) is 6.31. The molecule has 47 heavy (non-hydrogen) atoms. The number of quaternary nitrogens is 1. The number of benzene rings is 3. The van der Waals surface area contributed by atoms with Crippen LogP contribution in [0.1, 0.15) is 27.7 Å². The Labute approximate surface area is 264 Å². The van der Waals surface area contributed by atoms with Crippen LogP contribution in [0.2, 0.25) is 0 Å². The van der Waals surface area contributed by atoms with Crippen molar-refractivity contribution in [3.63, 3.8) is 0 Å². The number of alkyl halides is 3. The molecule has 4 N–H and O–H groups in total. The van der Waals surface area contributed by atoms with Gasteiger partial charge in [-0.1, -0.05) is 24.3 Å². The smallest absolute Gasteiger partial charge is 0.475 e. The molecule has 0 radical (unpaired) electrons. The van der Waals surface area contributed by atoms with E-state index < -0.39 is 23.8 Å². The Balaban J connectivity index is 0.000000559. The van der Waals surface area contributed by atoms with Gasteiger partial charge in [0.15, 0.2) is 17.6 Å². The minimum Gasteiger partial charge on any atom is -0.475 e. The lowest BCUT2D eigenvalue weighted by Gasteiger charge is -2.41. The van der Waals surface area contributed by atoms with Crippen molar-refractivity contribution in [2.45, 2.75) is 19.1 Å². The number of amides is 1. The Bertz CT molecular complexity index is 1920. The molecule has 0 aliphatic carbocycles. The molecular formula is C32H29F5N5O5+. The van der Waals surface area contributed by atoms with Crippen LogP contribution in [-0.4, -0.2) is 69.2 Å². The number of hydrogen-bond acceptors (Lipinski definition) is 6. The van der Waals surface area contributed by atoms with Crippen LogP contribution in [0.3, 0.4) is 0 Å². The molecule has 3 aromatic carbocycles. The molecule has 0 bridgehead atoms. The van der Waals surface area contributed by atoms with Crippen LogP contribution in [0.5, 0.6) is 11.5 Å². The molecule has 246 valence electrons. The average Bonchev–Trinajstić information content (AvgIpc) is 3.63. The second kappa shape index (κ2) is 12.8. The van der Waals surface area contributed by atoms with E-state index >= 15 is 0 Å². The quantitative estimate of drug-likeness (QED) is 0.149. The van der Waals surface area contributed by atoms with Gasteiger partial charge in [0.05, 0.1) is 31.1 Å². The average molecular weight is 659 g/mol. The number of carbonyl (C=O) groups is 2. The molecule has 10 nitrogen and oxygen atoms in total. The molecule has 2 atom stereocenters. The highest BCUT2D eigenvalue weighted by Gasteiger charge is 2.46. The van der Waals surface area contributed by atoms with E-state index in [4.69, 9.17) is 25.1 Å². The van der Waals surface area contributed by atoms with Gasteiger partial charge in [0.2, 0.25) is 5.82 Å². The van der Waals surface area contributed by atoms with Gasteiger partial charge in [-0.05, 0) is 55.0 Å². The fraction of sp³-hybridized carbons (Fsp3) is 0.219. The molecule has 15 heteroatoms. The van der Waals surface area contributed by atoms with Crippen molar-refractivity contribution in [1.29, 1.82) is 0 Å². The summed E-state index contributed by atoms with van der Waals surface area (Å²) in [6.45, 7) is 3.07. The van der Waals surface area contributed by atoms with Crippen molar-refractivity contribution in [2.24, 2.45) is 0 Å². The number of likely N-dealkylation sites (N-methyl/N-ethyl adjacent to an activating group) is 1. The summed E-state index contributed by atoms with van der Waals surface area (Å²) in [6, 6.07) is 18.1. The Hall–Kier alpha value is -5.28. The van der Waals surface area contributed by atoms with Crippen LogP contribution in [0.25, 0.3) is 16.6 Å². The van der Waals surface area contributed by atoms with Crippen molar-refractivity contribution in [2.75, 3.05) is 32.5 Å². The van der Waals surface area contributed by atoms with E-state index in [0.717, 1.165) is 22.5 Å². The maximum atomic E-state index is 14.1. The fourth-order valence-electron chi connectivity index (χ4n) is 5.31. The van der Waals surface area contributed by atoms with Crippen LogP contribution in [0.4, 0.5) is 27.8 Å². The van der Waals surface area contributed by atoms with Gasteiger partial charge in [-0.25, -0.2) is 23.1 Å². The van der Waals surface area contributed by atoms with E-state index in [0.29, 0.717) is 48.3 Å². The van der Waals surface area contributed by atoms with Gasteiger partial charge in [-0.2, -0.15) is 22.7 Å². The van der Waals surface area contributed by atoms with E-state index in [9.17, 15) is 26.7 Å². The number of ether oxygens (including phenoxy) is 2. The first-order chi connectivity index (χ1) is 22.2. The Morgan fingerprint density at radius 3 is 2.51 bits per heavy atom. The number of hydrogen-bond donors (Lipinski definition) is 3. The molecule has 1 aliphatic rings. The van der Waals surface area contributed by atoms with E-state index in [-0.39, 0.29) is 22.2 Å². The number of para-hydroxylation sites is 1. The number of nitrogens with zero attached hydrogens (tertiary/aromatic N) is 3. The SMILES string of the molecule is Cc1cc(Oc2cccc(F)c2F)ccc1-n1ncc(C2COCC[N+]2(C)C(=O)c2cc3ccccc3[nH]2)c1N.O=C(O)C(F)(F)F. The number of carboxylic acids is 1. The number of nitrogen functional groups attached to an aromatic ring is 1. The van der Waals surface area contributed by atoms with Gasteiger partial charge in [-0.3, -0.25) is 0 Å². The molecule has 1 saturated heterocycles. The largest absolute Gasteiger partial charge is 0.490 e. The topological polar surface area (TPSA) is 132 Å². The van der Waals surface area contributed by atoms with Gasteiger partial charge in [-0.15, -0.1) is 0 Å². The van der Waals surface area contributed by atoms with Crippen LogP contribution in [-0.2, 0) is 9.53 Å². The van der Waals surface area contributed by atoms with Crippen molar-refractivity contribution in [3.8, 4) is 17.2 Å². The number of aromatic amines is 1. The van der Waals surface area contributed by atoms with Gasteiger partial charge >= 0.3 is 18.1 Å². The fourth-order valence-corrected chi connectivity index (χ4v) is 5.31. The standard InChI is InChI=1S/C30H27F2N5O3.C2HF3O2/c1-18-14-20(40-27-9-5-7-22(31)28(27)32)10-11-25(18)36-29(33)21(16-34-36)26-17-39-13-12-37(26,2)30(38)24-15-19-6-3-4-8-23(19)35-24;3-2(4,5)1(6)7/h3-11,14-16,26H,12-13,17H2,1-2H3,(H2-,33,34,35,38);(H,6,7)/p+1. The second-order valence-corrected chi connectivity index (χ2v) is 11.0. The van der Waals surface area contributed by atoms with Crippen molar-refractivity contribution in [1.82, 2.24) is 14.8 Å². The highest BCUT2D eigenvalue weighted by Crippen LogP contribution is 2.37. The minimum absolute atomic E-state index is 0.0566. The third-order valence-electron chi connectivity index (χ3n) is 7.87. The molecule has 5 aromatic rings. The maximum absolute atomic E-state index is 14.1. The summed E-state index contributed by atoms with van der Waals surface area (Å²) in [5.41, 5.74) is 10.2. The van der Waals surface area contributed by atoms with Gasteiger partial charge < -0.3 is 25.3 Å². The number of H-pyrrole nitrogens is 1. The number of nitrogens with two attached hydrogens (primary N) is 1. The maximum Gasteiger partial charge on any atom is 0.490 e. The number of anilines is 1. The first-order valence-corrected chi connectivity index (χ1v) is 14.1. The number of nitrogens with one attached hydrogen (secondary N) is 1. The Morgan fingerprint density at radius 2 is 1.83 bits per heavy atom. The minimum atomic E-state index is -5.08. The zero-order chi connectivity index (χ0) is 34.1. The molecule has 2 aromatic heterocycles. The number of morpholine rings is 1. The normalized spacial score (nSPS) is 18.0. The Kier molecular flexibility index (Phi) is 9.04. The van der Waals surface area contributed by atoms with Crippen LogP contribution < -0.4 is 10.5 Å². The third kappa shape index (κ3) is 6.66. The summed E-state index contributed by atoms with van der Waals surface area (Å²) in [5.74, 6) is -4.33. The molecular weight excluding hydrogens is 629 g/mol. The number of aryl methyl sites for hydroxylation is 1. The molecule has 0 saturated carbocycles. The summed E-state index contributed by atoms with van der Waals surface area (Å²) in [5, 5.41) is 12.6. The third-order valence-corrected chi connectivity index (χ3v) is 7.87. The van der Waals surface area contributed by atoms with Crippen LogP contribution in [0, 0.1) is 18.6 Å². The lowest BCUT2D eigenvalue weighted by atomic mass is 10.0. The van der Waals surface area contributed by atoms with Gasteiger partial charge in [0.25, 0.3) is 0 Å². The van der Waals surface area contributed by atoms with E-state index in [1.54, 1.807) is 29.1 Å². The molecule has 1 aliphatic heterocycles. The van der Waals surface area contributed by atoms with E-state index in [2.05, 4.69) is 10.1 Å². The van der Waals surface area contributed by atoms with Crippen molar-refractivity contribution in [3.05, 3.63) is 101 Å². The summed E-state index contributed by atoms with van der Waals surface area (Å²) in [7, 11) is 1.90. The molecule has 2 unspecified atom stereocenters. The van der Waals surface area contributed by atoms with E-state index in [1.165, 1.54) is 12.1 Å². The summed E-state index contributed by atoms with van der Waals surface area (Å²) in [6.07, 6.45) is -3.41. The summed E-state index contributed by atoms with van der Waals surface area (Å²) in [4.78, 5) is 26.1. The van der Waals surface area contributed by atoms with Gasteiger partial charge in [0.1, 0.15) is 30.4 Å². The number of carboxylic acid groups (broad SMARTS) is 1. The number of aliphatic carboxylic acids is 1. The summed E-state index contributed by atoms with van der Waals surface area (Å²) < 4.78 is 72.5. The number of fused-ring (bicyclic) bond motifs is 1. The number of rotatable bonds is 5. The molecule has 6 rings (SSSR count). The zero-order valence-corrected chi connectivity index (χ0v) is 25.0. The lowest BCUT2D eigenvalue weighted by Crippen LogP contribution is -2.57. The lowest BCUT2D eigenvalue weighted by molar-refractivity contribution is -0.871. The zero-order valence-electron chi connectivity index (χ0n) is 25.0. The Morgan fingerprint density at radius 1 is 1.11 bits per heavy atom. The highest BCUT2D eigenvalue weighted by atomic mass is 19.4. The first kappa shape index (κ1) is 33.1. The highest BCUT2D eigenvalue weighted by molar-refractivity contribution is 5.94. The number of halogens is 5. The van der Waals surface area contributed by atoms with Crippen LogP contribution >= 0.6 is 0 Å². The molecule has 1 amide bonds. The molecule has 3 heterocycles. The van der Waals surface area contributed by atoms with Crippen molar-refractivity contribution >= 4 is 28.6 Å². The second-order valence-electron chi connectivity index (χ2n) is 11.0. The monoisotopic (exact) mass is 658 g/mol. The summed E-state index contributed by atoms with van der Waals surface area (Å²) >= 11 is 0. The van der Waals surface area contributed by atoms with Crippen molar-refractivity contribution < 1.29 is 50.6 Å². The predicted molar refractivity (Wildman–Crippen MR) is 160 cm³/mol. The first-order valence-electron chi connectivity index (χ1n) is 14.1. The van der Waals surface area contributed by atoms with E-state index in [1.807, 2.05) is 44.3 Å². The number of carbonyl (C=O) groups excluding carboxylic acids is 1. The number of aromatic nitrogens is 3. The molecule has 1 fully saturated rings. The molecule has 0 spiro atoms.